The molecule has 0 fully saturated rings. The third-order valence-electron chi connectivity index (χ3n) is 4.24. The van der Waals surface area contributed by atoms with Gasteiger partial charge in [-0.3, -0.25) is 4.79 Å². The number of carbonyl (C=O) groups is 1. The van der Waals surface area contributed by atoms with Gasteiger partial charge in [-0.1, -0.05) is 35.9 Å². The van der Waals surface area contributed by atoms with E-state index in [4.69, 9.17) is 16.3 Å². The fourth-order valence-electron chi connectivity index (χ4n) is 2.74. The van der Waals surface area contributed by atoms with E-state index in [1.807, 2.05) is 31.2 Å². The molecule has 2 aromatic carbocycles. The highest BCUT2D eigenvalue weighted by atomic mass is 35.5. The molecule has 144 valence electrons. The number of hydrogen-bond donors (Lipinski definition) is 2. The van der Waals surface area contributed by atoms with E-state index < -0.39 is 0 Å². The minimum absolute atomic E-state index is 0.273. The zero-order valence-corrected chi connectivity index (χ0v) is 16.7. The Bertz CT molecular complexity index is 1010. The number of halogens is 1. The molecule has 3 aromatic rings. The first-order valence-electron chi connectivity index (χ1n) is 8.76. The van der Waals surface area contributed by atoms with E-state index in [1.54, 1.807) is 38.3 Å². The lowest BCUT2D eigenvalue weighted by Crippen LogP contribution is -2.16. The number of ether oxygens (including phenoxy) is 1. The average molecular weight is 397 g/mol. The maximum absolute atomic E-state index is 12.7. The molecule has 1 amide bonds. The van der Waals surface area contributed by atoms with Gasteiger partial charge in [-0.2, -0.15) is 0 Å². The second kappa shape index (κ2) is 8.71. The number of aromatic nitrogens is 2. The summed E-state index contributed by atoms with van der Waals surface area (Å²) in [6, 6.07) is 14.7. The zero-order valence-electron chi connectivity index (χ0n) is 15.9. The van der Waals surface area contributed by atoms with Gasteiger partial charge in [0.05, 0.1) is 7.11 Å². The van der Waals surface area contributed by atoms with Gasteiger partial charge in [-0.25, -0.2) is 9.97 Å². The molecular formula is C21H21ClN4O2. The standard InChI is InChI=1S/C21H21ClN4O2/c1-13-16(22)8-6-9-17(13)26-21(27)18-11-20(25-14(2)24-18)23-12-15-7-4-5-10-19(15)28-3/h4-11H,12H2,1-3H3,(H,26,27)(H,23,24,25). The summed E-state index contributed by atoms with van der Waals surface area (Å²) >= 11 is 6.12. The number of hydrogen-bond acceptors (Lipinski definition) is 5. The molecule has 7 heteroatoms. The molecule has 0 bridgehead atoms. The molecule has 0 atom stereocenters. The van der Waals surface area contributed by atoms with E-state index in [2.05, 4.69) is 20.6 Å². The molecule has 2 N–H and O–H groups in total. The van der Waals surface area contributed by atoms with Gasteiger partial charge in [-0.05, 0) is 37.6 Å². The maximum atomic E-state index is 12.7. The van der Waals surface area contributed by atoms with E-state index in [9.17, 15) is 4.79 Å². The largest absolute Gasteiger partial charge is 0.496 e. The average Bonchev–Trinajstić information content (AvgIpc) is 2.69. The van der Waals surface area contributed by atoms with Gasteiger partial charge >= 0.3 is 0 Å². The second-order valence-corrected chi connectivity index (χ2v) is 6.62. The normalized spacial score (nSPS) is 10.4. The van der Waals surface area contributed by atoms with Crippen molar-refractivity contribution in [1.82, 2.24) is 9.97 Å². The van der Waals surface area contributed by atoms with Crippen LogP contribution in [0.5, 0.6) is 5.75 Å². The summed E-state index contributed by atoms with van der Waals surface area (Å²) in [5, 5.41) is 6.67. The fourth-order valence-corrected chi connectivity index (χ4v) is 2.91. The Kier molecular flexibility index (Phi) is 6.11. The minimum atomic E-state index is -0.323. The van der Waals surface area contributed by atoms with Gasteiger partial charge in [0.2, 0.25) is 0 Å². The van der Waals surface area contributed by atoms with E-state index in [1.165, 1.54) is 0 Å². The number of carbonyl (C=O) groups excluding carboxylic acids is 1. The third kappa shape index (κ3) is 4.58. The van der Waals surface area contributed by atoms with Crippen LogP contribution in [0.2, 0.25) is 5.02 Å². The molecule has 1 heterocycles. The van der Waals surface area contributed by atoms with E-state index >= 15 is 0 Å². The number of para-hydroxylation sites is 1. The van der Waals surface area contributed by atoms with Gasteiger partial charge in [-0.15, -0.1) is 0 Å². The van der Waals surface area contributed by atoms with Crippen LogP contribution in [-0.4, -0.2) is 23.0 Å². The smallest absolute Gasteiger partial charge is 0.274 e. The number of benzene rings is 2. The van der Waals surface area contributed by atoms with E-state index in [-0.39, 0.29) is 11.6 Å². The van der Waals surface area contributed by atoms with Crippen LogP contribution in [0.25, 0.3) is 0 Å². The van der Waals surface area contributed by atoms with Gasteiger partial charge in [0.15, 0.2) is 0 Å². The molecule has 0 aliphatic heterocycles. The summed E-state index contributed by atoms with van der Waals surface area (Å²) in [5.74, 6) is 1.52. The van der Waals surface area contributed by atoms with Crippen molar-refractivity contribution in [3.8, 4) is 5.75 Å². The number of anilines is 2. The maximum Gasteiger partial charge on any atom is 0.274 e. The van der Waals surface area contributed by atoms with Crippen LogP contribution in [0.15, 0.2) is 48.5 Å². The topological polar surface area (TPSA) is 76.1 Å². The van der Waals surface area contributed by atoms with E-state index in [0.29, 0.717) is 28.9 Å². The Labute approximate surface area is 168 Å². The molecule has 3 rings (SSSR count). The van der Waals surface area contributed by atoms with Crippen molar-refractivity contribution in [2.24, 2.45) is 0 Å². The monoisotopic (exact) mass is 396 g/mol. The lowest BCUT2D eigenvalue weighted by atomic mass is 10.2. The highest BCUT2D eigenvalue weighted by Gasteiger charge is 2.13. The summed E-state index contributed by atoms with van der Waals surface area (Å²) < 4.78 is 5.36. The molecule has 6 nitrogen and oxygen atoms in total. The van der Waals surface area contributed by atoms with Gasteiger partial charge in [0.1, 0.15) is 23.1 Å². The Morgan fingerprint density at radius 1 is 1.11 bits per heavy atom. The Morgan fingerprint density at radius 2 is 1.89 bits per heavy atom. The van der Waals surface area contributed by atoms with Crippen molar-refractivity contribution < 1.29 is 9.53 Å². The number of amides is 1. The SMILES string of the molecule is COc1ccccc1CNc1cc(C(=O)Nc2cccc(Cl)c2C)nc(C)n1. The number of aryl methyl sites for hydroxylation is 1. The quantitative estimate of drug-likeness (QED) is 0.635. The fraction of sp³-hybridized carbons (Fsp3) is 0.190. The molecule has 28 heavy (non-hydrogen) atoms. The van der Waals surface area contributed by atoms with Gasteiger partial charge < -0.3 is 15.4 Å². The predicted octanol–water partition coefficient (Wildman–Crippen LogP) is 4.62. The summed E-state index contributed by atoms with van der Waals surface area (Å²) in [7, 11) is 1.63. The van der Waals surface area contributed by atoms with Crippen molar-refractivity contribution in [2.45, 2.75) is 20.4 Å². The number of methoxy groups -OCH3 is 1. The first kappa shape index (κ1) is 19.6. The van der Waals surface area contributed by atoms with E-state index in [0.717, 1.165) is 16.9 Å². The molecule has 0 saturated heterocycles. The van der Waals surface area contributed by atoms with Crippen LogP contribution in [0.3, 0.4) is 0 Å². The Morgan fingerprint density at radius 3 is 2.68 bits per heavy atom. The highest BCUT2D eigenvalue weighted by Crippen LogP contribution is 2.24. The summed E-state index contributed by atoms with van der Waals surface area (Å²) in [6.07, 6.45) is 0. The van der Waals surface area contributed by atoms with Gasteiger partial charge in [0.25, 0.3) is 5.91 Å². The summed E-state index contributed by atoms with van der Waals surface area (Å²) in [6.45, 7) is 4.11. The van der Waals surface area contributed by atoms with Crippen molar-refractivity contribution in [3.05, 3.63) is 76.2 Å². The molecule has 0 spiro atoms. The van der Waals surface area contributed by atoms with Crippen molar-refractivity contribution >= 4 is 29.0 Å². The minimum Gasteiger partial charge on any atom is -0.496 e. The number of nitrogens with one attached hydrogen (secondary N) is 2. The zero-order chi connectivity index (χ0) is 20.1. The Hall–Kier alpha value is -3.12. The van der Waals surface area contributed by atoms with Crippen LogP contribution < -0.4 is 15.4 Å². The van der Waals surface area contributed by atoms with Crippen LogP contribution in [0.1, 0.15) is 27.4 Å². The molecule has 0 unspecified atom stereocenters. The molecule has 1 aromatic heterocycles. The molecular weight excluding hydrogens is 376 g/mol. The first-order chi connectivity index (χ1) is 13.5. The number of nitrogens with zero attached hydrogens (tertiary/aromatic N) is 2. The van der Waals surface area contributed by atoms with Gasteiger partial charge in [0, 0.05) is 28.9 Å². The summed E-state index contributed by atoms with van der Waals surface area (Å²) in [4.78, 5) is 21.3. The van der Waals surface area contributed by atoms with Crippen molar-refractivity contribution in [3.63, 3.8) is 0 Å². The lowest BCUT2D eigenvalue weighted by Gasteiger charge is -2.12. The van der Waals surface area contributed by atoms with Crippen molar-refractivity contribution in [1.29, 1.82) is 0 Å². The second-order valence-electron chi connectivity index (χ2n) is 6.22. The Balaban J connectivity index is 1.77. The predicted molar refractivity (Wildman–Crippen MR) is 111 cm³/mol. The molecule has 0 aliphatic rings. The molecule has 0 aliphatic carbocycles. The van der Waals surface area contributed by atoms with Crippen LogP contribution in [0.4, 0.5) is 11.5 Å². The summed E-state index contributed by atoms with van der Waals surface area (Å²) in [5.41, 5.74) is 2.71. The highest BCUT2D eigenvalue weighted by molar-refractivity contribution is 6.31. The van der Waals surface area contributed by atoms with Crippen LogP contribution in [-0.2, 0) is 6.54 Å². The van der Waals surface area contributed by atoms with Crippen molar-refractivity contribution in [2.75, 3.05) is 17.7 Å². The third-order valence-corrected chi connectivity index (χ3v) is 4.65. The first-order valence-corrected chi connectivity index (χ1v) is 9.13. The molecule has 0 saturated carbocycles. The molecule has 0 radical (unpaired) electrons. The van der Waals surface area contributed by atoms with Crippen LogP contribution in [0, 0.1) is 13.8 Å². The number of rotatable bonds is 6. The van der Waals surface area contributed by atoms with Crippen LogP contribution >= 0.6 is 11.6 Å². The lowest BCUT2D eigenvalue weighted by molar-refractivity contribution is 0.102.